The van der Waals surface area contributed by atoms with Gasteiger partial charge in [-0.25, -0.2) is 13.1 Å². The highest BCUT2D eigenvalue weighted by Gasteiger charge is 2.15. The van der Waals surface area contributed by atoms with Crippen LogP contribution in [0.1, 0.15) is 15.9 Å². The molecule has 0 unspecified atom stereocenters. The molecule has 0 aliphatic rings. The average molecular weight is 308 g/mol. The van der Waals surface area contributed by atoms with Crippen LogP contribution in [0.3, 0.4) is 0 Å². The molecule has 0 saturated carbocycles. The van der Waals surface area contributed by atoms with Crippen LogP contribution >= 0.6 is 0 Å². The van der Waals surface area contributed by atoms with Gasteiger partial charge in [0.15, 0.2) is 0 Å². The van der Waals surface area contributed by atoms with Crippen LogP contribution in [0, 0.1) is 6.92 Å². The van der Waals surface area contributed by atoms with E-state index in [-0.39, 0.29) is 10.8 Å². The largest absolute Gasteiger partial charge is 0.322 e. The maximum Gasteiger partial charge on any atom is 0.258 e. The molecule has 0 spiro atoms. The Kier molecular flexibility index (Phi) is 4.10. The Labute approximate surface area is 123 Å². The smallest absolute Gasteiger partial charge is 0.258 e. The number of benzene rings is 1. The van der Waals surface area contributed by atoms with Gasteiger partial charge in [0.2, 0.25) is 10.0 Å². The molecule has 0 bridgehead atoms. The van der Waals surface area contributed by atoms with Crippen LogP contribution in [-0.2, 0) is 17.1 Å². The zero-order valence-corrected chi connectivity index (χ0v) is 12.7. The van der Waals surface area contributed by atoms with Gasteiger partial charge in [0.05, 0.1) is 16.7 Å². The number of hydrogen-bond donors (Lipinski definition) is 2. The number of anilines is 1. The van der Waals surface area contributed by atoms with Crippen molar-refractivity contribution < 1.29 is 13.2 Å². The minimum absolute atomic E-state index is 0.0945. The van der Waals surface area contributed by atoms with Gasteiger partial charge in [-0.15, -0.1) is 0 Å². The van der Waals surface area contributed by atoms with Gasteiger partial charge in [-0.1, -0.05) is 6.07 Å². The highest BCUT2D eigenvalue weighted by atomic mass is 32.2. The summed E-state index contributed by atoms with van der Waals surface area (Å²) >= 11 is 0. The van der Waals surface area contributed by atoms with Crippen LogP contribution < -0.4 is 10.0 Å². The average Bonchev–Trinajstić information content (AvgIpc) is 2.87. The third kappa shape index (κ3) is 3.29. The standard InChI is InChI=1S/C13H16N4O3S/c1-9-4-5-11(21(19,20)14-2)6-12(9)16-13(18)10-7-15-17(3)8-10/h4-8,14H,1-3H3,(H,16,18). The predicted molar refractivity (Wildman–Crippen MR) is 78.6 cm³/mol. The number of sulfonamides is 1. The first kappa shape index (κ1) is 15.2. The Bertz CT molecular complexity index is 780. The molecule has 1 heterocycles. The second-order valence-corrected chi connectivity index (χ2v) is 6.43. The van der Waals surface area contributed by atoms with Gasteiger partial charge in [0.1, 0.15) is 0 Å². The molecule has 21 heavy (non-hydrogen) atoms. The highest BCUT2D eigenvalue weighted by molar-refractivity contribution is 7.89. The molecule has 0 radical (unpaired) electrons. The molecule has 2 aromatic rings. The van der Waals surface area contributed by atoms with E-state index in [1.165, 1.54) is 30.1 Å². The molecule has 1 aromatic carbocycles. The summed E-state index contributed by atoms with van der Waals surface area (Å²) < 4.78 is 27.3. The lowest BCUT2D eigenvalue weighted by Crippen LogP contribution is -2.19. The molecule has 7 nitrogen and oxygen atoms in total. The maximum absolute atomic E-state index is 12.1. The summed E-state index contributed by atoms with van der Waals surface area (Å²) in [6.45, 7) is 1.79. The van der Waals surface area contributed by atoms with Crippen molar-refractivity contribution in [2.24, 2.45) is 7.05 Å². The molecule has 0 aliphatic heterocycles. The van der Waals surface area contributed by atoms with E-state index in [0.717, 1.165) is 5.56 Å². The zero-order valence-electron chi connectivity index (χ0n) is 11.9. The molecule has 2 rings (SSSR count). The van der Waals surface area contributed by atoms with E-state index in [0.29, 0.717) is 11.3 Å². The summed E-state index contributed by atoms with van der Waals surface area (Å²) in [5.74, 6) is -0.342. The molecular formula is C13H16N4O3S. The SMILES string of the molecule is CNS(=O)(=O)c1ccc(C)c(NC(=O)c2cnn(C)c2)c1. The van der Waals surface area contributed by atoms with Crippen LogP contribution in [0.2, 0.25) is 0 Å². The normalized spacial score (nSPS) is 11.4. The Morgan fingerprint density at radius 1 is 1.33 bits per heavy atom. The molecule has 0 aliphatic carbocycles. The quantitative estimate of drug-likeness (QED) is 0.877. The Morgan fingerprint density at radius 2 is 2.05 bits per heavy atom. The van der Waals surface area contributed by atoms with E-state index >= 15 is 0 Å². The number of nitrogens with zero attached hydrogens (tertiary/aromatic N) is 2. The molecule has 112 valence electrons. The Balaban J connectivity index is 2.32. The number of amides is 1. The van der Waals surface area contributed by atoms with E-state index in [4.69, 9.17) is 0 Å². The zero-order chi connectivity index (χ0) is 15.6. The van der Waals surface area contributed by atoms with Crippen molar-refractivity contribution in [3.63, 3.8) is 0 Å². The molecule has 0 saturated heterocycles. The summed E-state index contributed by atoms with van der Waals surface area (Å²) in [6.07, 6.45) is 3.03. The molecule has 1 aromatic heterocycles. The van der Waals surface area contributed by atoms with Crippen molar-refractivity contribution >= 4 is 21.6 Å². The van der Waals surface area contributed by atoms with Gasteiger partial charge in [-0.3, -0.25) is 9.48 Å². The maximum atomic E-state index is 12.1. The fraction of sp³-hybridized carbons (Fsp3) is 0.231. The third-order valence-electron chi connectivity index (χ3n) is 3.00. The summed E-state index contributed by atoms with van der Waals surface area (Å²) in [4.78, 5) is 12.2. The minimum Gasteiger partial charge on any atom is -0.322 e. The first-order valence-electron chi connectivity index (χ1n) is 6.17. The second kappa shape index (κ2) is 5.66. The van der Waals surface area contributed by atoms with Gasteiger partial charge in [-0.2, -0.15) is 5.10 Å². The number of aryl methyl sites for hydroxylation is 2. The van der Waals surface area contributed by atoms with Gasteiger partial charge in [-0.05, 0) is 31.7 Å². The first-order valence-corrected chi connectivity index (χ1v) is 7.66. The van der Waals surface area contributed by atoms with Crippen molar-refractivity contribution in [2.45, 2.75) is 11.8 Å². The molecule has 1 amide bonds. The van der Waals surface area contributed by atoms with Crippen molar-refractivity contribution in [1.82, 2.24) is 14.5 Å². The molecule has 2 N–H and O–H groups in total. The van der Waals surface area contributed by atoms with Crippen LogP contribution in [0.15, 0.2) is 35.5 Å². The van der Waals surface area contributed by atoms with E-state index in [2.05, 4.69) is 15.1 Å². The van der Waals surface area contributed by atoms with E-state index in [1.807, 2.05) is 0 Å². The number of carbonyl (C=O) groups is 1. The number of hydrogen-bond acceptors (Lipinski definition) is 4. The molecular weight excluding hydrogens is 292 g/mol. The number of carbonyl (C=O) groups excluding carboxylic acids is 1. The lowest BCUT2D eigenvalue weighted by atomic mass is 10.2. The lowest BCUT2D eigenvalue weighted by molar-refractivity contribution is 0.102. The van der Waals surface area contributed by atoms with Crippen LogP contribution in [-0.4, -0.2) is 31.2 Å². The number of rotatable bonds is 4. The minimum atomic E-state index is -3.55. The topological polar surface area (TPSA) is 93.1 Å². The van der Waals surface area contributed by atoms with Crippen molar-refractivity contribution in [3.05, 3.63) is 41.7 Å². The van der Waals surface area contributed by atoms with Crippen molar-refractivity contribution in [1.29, 1.82) is 0 Å². The molecule has 0 atom stereocenters. The van der Waals surface area contributed by atoms with Crippen molar-refractivity contribution in [3.8, 4) is 0 Å². The van der Waals surface area contributed by atoms with Gasteiger partial charge in [0.25, 0.3) is 5.91 Å². The van der Waals surface area contributed by atoms with Gasteiger partial charge in [0, 0.05) is 18.9 Å². The monoisotopic (exact) mass is 308 g/mol. The second-order valence-electron chi connectivity index (χ2n) is 4.54. The fourth-order valence-corrected chi connectivity index (χ4v) is 2.51. The Hall–Kier alpha value is -2.19. The van der Waals surface area contributed by atoms with E-state index < -0.39 is 10.0 Å². The number of aromatic nitrogens is 2. The summed E-state index contributed by atoms with van der Waals surface area (Å²) in [7, 11) is -0.505. The highest BCUT2D eigenvalue weighted by Crippen LogP contribution is 2.20. The summed E-state index contributed by atoms with van der Waals surface area (Å²) in [5.41, 5.74) is 1.61. The van der Waals surface area contributed by atoms with Gasteiger partial charge < -0.3 is 5.32 Å². The van der Waals surface area contributed by atoms with Crippen LogP contribution in [0.25, 0.3) is 0 Å². The molecule has 0 fully saturated rings. The third-order valence-corrected chi connectivity index (χ3v) is 4.42. The fourth-order valence-electron chi connectivity index (χ4n) is 1.75. The summed E-state index contributed by atoms with van der Waals surface area (Å²) in [5, 5.41) is 6.61. The van der Waals surface area contributed by atoms with Crippen LogP contribution in [0.4, 0.5) is 5.69 Å². The summed E-state index contributed by atoms with van der Waals surface area (Å²) in [6, 6.07) is 4.55. The number of nitrogens with one attached hydrogen (secondary N) is 2. The Morgan fingerprint density at radius 3 is 2.62 bits per heavy atom. The van der Waals surface area contributed by atoms with Gasteiger partial charge >= 0.3 is 0 Å². The van der Waals surface area contributed by atoms with E-state index in [9.17, 15) is 13.2 Å². The van der Waals surface area contributed by atoms with Crippen LogP contribution in [0.5, 0.6) is 0 Å². The lowest BCUT2D eigenvalue weighted by Gasteiger charge is -2.10. The van der Waals surface area contributed by atoms with E-state index in [1.54, 1.807) is 26.2 Å². The predicted octanol–water partition coefficient (Wildman–Crippen LogP) is 0.889. The van der Waals surface area contributed by atoms with Crippen molar-refractivity contribution in [2.75, 3.05) is 12.4 Å². The first-order chi connectivity index (χ1) is 9.83. The molecule has 8 heteroatoms.